The number of hydrogen-bond acceptors (Lipinski definition) is 3. The van der Waals surface area contributed by atoms with Crippen molar-refractivity contribution in [1.29, 1.82) is 0 Å². The van der Waals surface area contributed by atoms with Crippen molar-refractivity contribution < 1.29 is 0 Å². The third-order valence-corrected chi connectivity index (χ3v) is 3.62. The molecule has 17 heavy (non-hydrogen) atoms. The molecule has 0 bridgehead atoms. The molecule has 0 unspecified atom stereocenters. The van der Waals surface area contributed by atoms with Crippen LogP contribution in [-0.4, -0.2) is 4.98 Å². The number of benzene rings is 1. The van der Waals surface area contributed by atoms with E-state index in [0.29, 0.717) is 0 Å². The second kappa shape index (κ2) is 5.94. The Morgan fingerprint density at radius 2 is 1.82 bits per heavy atom. The van der Waals surface area contributed by atoms with Crippen LogP contribution in [0.15, 0.2) is 30.5 Å². The van der Waals surface area contributed by atoms with Crippen LogP contribution >= 0.6 is 11.3 Å². The van der Waals surface area contributed by atoms with Crippen LogP contribution in [0.25, 0.3) is 0 Å². The van der Waals surface area contributed by atoms with Crippen molar-refractivity contribution in [2.24, 2.45) is 0 Å². The third-order valence-electron chi connectivity index (χ3n) is 2.71. The lowest BCUT2D eigenvalue weighted by Gasteiger charge is -2.04. The van der Waals surface area contributed by atoms with Crippen LogP contribution in [0, 0.1) is 6.92 Å². The molecule has 1 aromatic heterocycles. The first-order valence-electron chi connectivity index (χ1n) is 5.97. The molecule has 1 aromatic carbocycles. The standard InChI is InChI=1S/C14H18N2S/c1-3-12-4-6-13(7-5-12)9-15-10-14-16-8-11(2)17-14/h4-8,15H,3,9-10H2,1-2H3. The van der Waals surface area contributed by atoms with Gasteiger partial charge in [-0.05, 0) is 24.5 Å². The fourth-order valence-corrected chi connectivity index (χ4v) is 2.45. The van der Waals surface area contributed by atoms with E-state index >= 15 is 0 Å². The van der Waals surface area contributed by atoms with Crippen molar-refractivity contribution in [3.63, 3.8) is 0 Å². The Kier molecular flexibility index (Phi) is 4.29. The lowest BCUT2D eigenvalue weighted by Crippen LogP contribution is -2.12. The summed E-state index contributed by atoms with van der Waals surface area (Å²) in [5.41, 5.74) is 2.72. The minimum atomic E-state index is 0.855. The van der Waals surface area contributed by atoms with Gasteiger partial charge in [0.1, 0.15) is 5.01 Å². The predicted octanol–water partition coefficient (Wildman–Crippen LogP) is 3.30. The van der Waals surface area contributed by atoms with Crippen LogP contribution in [0.4, 0.5) is 0 Å². The van der Waals surface area contributed by atoms with Crippen molar-refractivity contribution in [3.8, 4) is 0 Å². The van der Waals surface area contributed by atoms with Gasteiger partial charge in [-0.15, -0.1) is 11.3 Å². The molecule has 90 valence electrons. The number of nitrogens with zero attached hydrogens (tertiary/aromatic N) is 1. The van der Waals surface area contributed by atoms with E-state index in [1.54, 1.807) is 11.3 Å². The molecule has 2 aromatic rings. The van der Waals surface area contributed by atoms with Crippen LogP contribution in [-0.2, 0) is 19.5 Å². The van der Waals surface area contributed by atoms with Crippen molar-refractivity contribution in [2.75, 3.05) is 0 Å². The van der Waals surface area contributed by atoms with Gasteiger partial charge in [0.15, 0.2) is 0 Å². The summed E-state index contributed by atoms with van der Waals surface area (Å²) in [6.07, 6.45) is 3.03. The highest BCUT2D eigenvalue weighted by Crippen LogP contribution is 2.11. The molecule has 0 aliphatic rings. The molecule has 1 N–H and O–H groups in total. The van der Waals surface area contributed by atoms with Gasteiger partial charge < -0.3 is 5.32 Å². The van der Waals surface area contributed by atoms with E-state index in [2.05, 4.69) is 48.4 Å². The summed E-state index contributed by atoms with van der Waals surface area (Å²) in [6, 6.07) is 8.78. The van der Waals surface area contributed by atoms with Gasteiger partial charge in [-0.25, -0.2) is 4.98 Å². The average molecular weight is 246 g/mol. The van der Waals surface area contributed by atoms with Gasteiger partial charge >= 0.3 is 0 Å². The molecule has 2 nitrogen and oxygen atoms in total. The van der Waals surface area contributed by atoms with Crippen molar-refractivity contribution in [3.05, 3.63) is 51.5 Å². The Morgan fingerprint density at radius 1 is 1.12 bits per heavy atom. The minimum absolute atomic E-state index is 0.855. The number of aryl methyl sites for hydroxylation is 2. The number of aromatic nitrogens is 1. The fraction of sp³-hybridized carbons (Fsp3) is 0.357. The average Bonchev–Trinajstić information content (AvgIpc) is 2.76. The highest BCUT2D eigenvalue weighted by Gasteiger charge is 1.98. The Balaban J connectivity index is 1.81. The molecular weight excluding hydrogens is 228 g/mol. The van der Waals surface area contributed by atoms with Crippen LogP contribution < -0.4 is 5.32 Å². The van der Waals surface area contributed by atoms with Crippen molar-refractivity contribution >= 4 is 11.3 Å². The first-order valence-corrected chi connectivity index (χ1v) is 6.79. The van der Waals surface area contributed by atoms with Gasteiger partial charge in [-0.1, -0.05) is 31.2 Å². The first-order chi connectivity index (χ1) is 8.28. The Morgan fingerprint density at radius 3 is 2.41 bits per heavy atom. The highest BCUT2D eigenvalue weighted by molar-refractivity contribution is 7.11. The zero-order valence-corrected chi connectivity index (χ0v) is 11.2. The Bertz CT molecular complexity index is 459. The summed E-state index contributed by atoms with van der Waals surface area (Å²) < 4.78 is 0. The fourth-order valence-electron chi connectivity index (χ4n) is 1.69. The van der Waals surface area contributed by atoms with Gasteiger partial charge in [0, 0.05) is 24.2 Å². The predicted molar refractivity (Wildman–Crippen MR) is 73.2 cm³/mol. The molecule has 0 atom stereocenters. The SMILES string of the molecule is CCc1ccc(CNCc2ncc(C)s2)cc1. The molecule has 0 radical (unpaired) electrons. The second-order valence-corrected chi connectivity index (χ2v) is 5.46. The number of rotatable bonds is 5. The maximum absolute atomic E-state index is 4.33. The first kappa shape index (κ1) is 12.3. The Hall–Kier alpha value is -1.19. The number of thiazole rings is 1. The molecule has 0 spiro atoms. The minimum Gasteiger partial charge on any atom is -0.306 e. The second-order valence-electron chi connectivity index (χ2n) is 4.14. The van der Waals surface area contributed by atoms with E-state index in [1.165, 1.54) is 16.0 Å². The highest BCUT2D eigenvalue weighted by atomic mass is 32.1. The summed E-state index contributed by atoms with van der Waals surface area (Å²) in [7, 11) is 0. The van der Waals surface area contributed by atoms with Gasteiger partial charge in [0.25, 0.3) is 0 Å². The van der Waals surface area contributed by atoms with Crippen LogP contribution in [0.1, 0.15) is 27.9 Å². The van der Waals surface area contributed by atoms with E-state index in [0.717, 1.165) is 24.5 Å². The number of nitrogens with one attached hydrogen (secondary N) is 1. The maximum atomic E-state index is 4.33. The molecule has 0 saturated heterocycles. The van der Waals surface area contributed by atoms with Crippen LogP contribution in [0.5, 0.6) is 0 Å². The van der Waals surface area contributed by atoms with Crippen molar-refractivity contribution in [1.82, 2.24) is 10.3 Å². The van der Waals surface area contributed by atoms with E-state index in [-0.39, 0.29) is 0 Å². The molecule has 0 fully saturated rings. The largest absolute Gasteiger partial charge is 0.306 e. The molecule has 0 aliphatic carbocycles. The van der Waals surface area contributed by atoms with E-state index in [1.807, 2.05) is 6.20 Å². The van der Waals surface area contributed by atoms with Gasteiger partial charge in [0.05, 0.1) is 0 Å². The molecular formula is C14H18N2S. The molecule has 1 heterocycles. The van der Waals surface area contributed by atoms with Gasteiger partial charge in [-0.2, -0.15) is 0 Å². The van der Waals surface area contributed by atoms with E-state index in [4.69, 9.17) is 0 Å². The third kappa shape index (κ3) is 3.65. The molecule has 0 amide bonds. The Labute approximate surface area is 107 Å². The summed E-state index contributed by atoms with van der Waals surface area (Å²) in [5.74, 6) is 0. The van der Waals surface area contributed by atoms with Crippen LogP contribution in [0.2, 0.25) is 0 Å². The zero-order valence-electron chi connectivity index (χ0n) is 10.4. The monoisotopic (exact) mass is 246 g/mol. The van der Waals surface area contributed by atoms with E-state index < -0.39 is 0 Å². The molecule has 0 aliphatic heterocycles. The number of hydrogen-bond donors (Lipinski definition) is 1. The summed E-state index contributed by atoms with van der Waals surface area (Å²) in [5, 5.41) is 4.58. The summed E-state index contributed by atoms with van der Waals surface area (Å²) >= 11 is 1.76. The van der Waals surface area contributed by atoms with Crippen LogP contribution in [0.3, 0.4) is 0 Å². The lowest BCUT2D eigenvalue weighted by molar-refractivity contribution is 0.690. The van der Waals surface area contributed by atoms with E-state index in [9.17, 15) is 0 Å². The normalized spacial score (nSPS) is 10.7. The summed E-state index contributed by atoms with van der Waals surface area (Å²) in [4.78, 5) is 5.60. The quantitative estimate of drug-likeness (QED) is 0.875. The molecule has 3 heteroatoms. The molecule has 0 saturated carbocycles. The topological polar surface area (TPSA) is 24.9 Å². The van der Waals surface area contributed by atoms with Gasteiger partial charge in [0.2, 0.25) is 0 Å². The zero-order chi connectivity index (χ0) is 12.1. The van der Waals surface area contributed by atoms with Gasteiger partial charge in [-0.3, -0.25) is 0 Å². The molecule has 2 rings (SSSR count). The lowest BCUT2D eigenvalue weighted by atomic mass is 10.1. The summed E-state index contributed by atoms with van der Waals surface area (Å²) in [6.45, 7) is 6.03. The maximum Gasteiger partial charge on any atom is 0.107 e. The van der Waals surface area contributed by atoms with Crippen molar-refractivity contribution in [2.45, 2.75) is 33.4 Å². The smallest absolute Gasteiger partial charge is 0.107 e.